The maximum atomic E-state index is 4.47. The molecule has 3 nitrogen and oxygen atoms in total. The lowest BCUT2D eigenvalue weighted by Gasteiger charge is -2.28. The molecule has 0 radical (unpaired) electrons. The van der Waals surface area contributed by atoms with Gasteiger partial charge in [0, 0.05) is 17.6 Å². The van der Waals surface area contributed by atoms with Crippen molar-refractivity contribution in [1.82, 2.24) is 15.3 Å². The van der Waals surface area contributed by atoms with Gasteiger partial charge in [0.1, 0.15) is 6.33 Å². The molecule has 4 rings (SSSR count). The maximum Gasteiger partial charge on any atom is 0.115 e. The Morgan fingerprint density at radius 2 is 2.24 bits per heavy atom. The van der Waals surface area contributed by atoms with Crippen molar-refractivity contribution in [3.63, 3.8) is 0 Å². The fourth-order valence-corrected chi connectivity index (χ4v) is 3.95. The molecule has 4 heteroatoms. The zero-order valence-corrected chi connectivity index (χ0v) is 9.95. The second-order valence-electron chi connectivity index (χ2n) is 4.37. The normalized spacial score (nSPS) is 24.9. The number of hydrogen-bond donors (Lipinski definition) is 1. The van der Waals surface area contributed by atoms with Crippen LogP contribution in [0.3, 0.4) is 0 Å². The van der Waals surface area contributed by atoms with E-state index in [1.54, 1.807) is 6.33 Å². The Kier molecular flexibility index (Phi) is 2.01. The standard InChI is InChI=1S/C13H11N3S/c1-2-4-9-8(3-1)5-15-13-11(9)12-10(17-13)6-14-7-16-12/h1-4,6-7,11,13,15H,5H2. The lowest BCUT2D eigenvalue weighted by Crippen LogP contribution is -2.34. The van der Waals surface area contributed by atoms with Crippen LogP contribution in [0.5, 0.6) is 0 Å². The summed E-state index contributed by atoms with van der Waals surface area (Å²) in [4.78, 5) is 9.80. The number of rotatable bonds is 0. The van der Waals surface area contributed by atoms with Crippen molar-refractivity contribution in [3.05, 3.63) is 53.6 Å². The van der Waals surface area contributed by atoms with Crippen LogP contribution in [0, 0.1) is 0 Å². The summed E-state index contributed by atoms with van der Waals surface area (Å²) in [5, 5.41) is 3.99. The van der Waals surface area contributed by atoms with Crippen molar-refractivity contribution >= 4 is 11.8 Å². The summed E-state index contributed by atoms with van der Waals surface area (Å²) >= 11 is 1.85. The van der Waals surface area contributed by atoms with Crippen LogP contribution in [0.15, 0.2) is 41.7 Å². The first-order chi connectivity index (χ1) is 8.43. The van der Waals surface area contributed by atoms with Crippen LogP contribution in [0.2, 0.25) is 0 Å². The number of fused-ring (bicyclic) bond motifs is 5. The van der Waals surface area contributed by atoms with Crippen molar-refractivity contribution in [2.45, 2.75) is 22.7 Å². The van der Waals surface area contributed by atoms with Gasteiger partial charge >= 0.3 is 0 Å². The molecule has 0 saturated heterocycles. The zero-order valence-electron chi connectivity index (χ0n) is 9.13. The van der Waals surface area contributed by atoms with Gasteiger partial charge in [-0.15, -0.1) is 11.8 Å². The van der Waals surface area contributed by atoms with E-state index < -0.39 is 0 Å². The minimum Gasteiger partial charge on any atom is -0.300 e. The van der Waals surface area contributed by atoms with Gasteiger partial charge in [-0.25, -0.2) is 9.97 Å². The molecular weight excluding hydrogens is 230 g/mol. The van der Waals surface area contributed by atoms with Gasteiger partial charge < -0.3 is 5.32 Å². The highest BCUT2D eigenvalue weighted by Gasteiger charge is 2.39. The third-order valence-electron chi connectivity index (χ3n) is 3.44. The molecule has 0 fully saturated rings. The van der Waals surface area contributed by atoms with Gasteiger partial charge in [0.25, 0.3) is 0 Å². The molecule has 0 saturated carbocycles. The van der Waals surface area contributed by atoms with E-state index in [0.717, 1.165) is 6.54 Å². The lowest BCUT2D eigenvalue weighted by atomic mass is 9.88. The summed E-state index contributed by atoms with van der Waals surface area (Å²) < 4.78 is 0. The van der Waals surface area contributed by atoms with E-state index in [-0.39, 0.29) is 0 Å². The molecule has 1 aromatic carbocycles. The van der Waals surface area contributed by atoms with E-state index in [0.29, 0.717) is 11.3 Å². The molecule has 2 unspecified atom stereocenters. The van der Waals surface area contributed by atoms with Gasteiger partial charge in [0.05, 0.1) is 17.0 Å². The van der Waals surface area contributed by atoms with Gasteiger partial charge in [-0.05, 0) is 11.1 Å². The number of aromatic nitrogens is 2. The molecular formula is C13H11N3S. The Hall–Kier alpha value is -1.39. The first-order valence-corrected chi connectivity index (χ1v) is 6.59. The summed E-state index contributed by atoms with van der Waals surface area (Å²) in [5.41, 5.74) is 3.98. The second-order valence-corrected chi connectivity index (χ2v) is 5.55. The molecule has 0 amide bonds. The Morgan fingerprint density at radius 3 is 3.24 bits per heavy atom. The van der Waals surface area contributed by atoms with E-state index in [1.165, 1.54) is 21.7 Å². The molecule has 2 aliphatic heterocycles. The summed E-state index contributed by atoms with van der Waals surface area (Å²) in [5.74, 6) is 0.378. The predicted molar refractivity (Wildman–Crippen MR) is 66.8 cm³/mol. The van der Waals surface area contributed by atoms with E-state index in [1.807, 2.05) is 18.0 Å². The van der Waals surface area contributed by atoms with Crippen LogP contribution in [0.4, 0.5) is 0 Å². The topological polar surface area (TPSA) is 37.8 Å². The molecule has 2 aromatic rings. The van der Waals surface area contributed by atoms with Gasteiger partial charge in [-0.2, -0.15) is 0 Å². The summed E-state index contributed by atoms with van der Waals surface area (Å²) in [6.07, 6.45) is 3.58. The molecule has 1 N–H and O–H groups in total. The molecule has 0 aliphatic carbocycles. The molecule has 17 heavy (non-hydrogen) atoms. The quantitative estimate of drug-likeness (QED) is 0.767. The van der Waals surface area contributed by atoms with Gasteiger partial charge in [0.2, 0.25) is 0 Å². The molecule has 2 aliphatic rings. The average molecular weight is 241 g/mol. The smallest absolute Gasteiger partial charge is 0.115 e. The minimum absolute atomic E-state index is 0.378. The first kappa shape index (κ1) is 9.62. The number of thioether (sulfide) groups is 1. The fraction of sp³-hybridized carbons (Fsp3) is 0.231. The van der Waals surface area contributed by atoms with Gasteiger partial charge in [0.15, 0.2) is 0 Å². The maximum absolute atomic E-state index is 4.47. The summed E-state index contributed by atoms with van der Waals surface area (Å²) in [6, 6.07) is 8.64. The van der Waals surface area contributed by atoms with Crippen LogP contribution >= 0.6 is 11.8 Å². The summed E-state index contributed by atoms with van der Waals surface area (Å²) in [7, 11) is 0. The van der Waals surface area contributed by atoms with E-state index >= 15 is 0 Å². The van der Waals surface area contributed by atoms with E-state index in [2.05, 4.69) is 39.6 Å². The molecule has 84 valence electrons. The Labute approximate surface area is 104 Å². The highest BCUT2D eigenvalue weighted by atomic mass is 32.2. The van der Waals surface area contributed by atoms with E-state index in [4.69, 9.17) is 0 Å². The van der Waals surface area contributed by atoms with Crippen molar-refractivity contribution in [2.75, 3.05) is 0 Å². The van der Waals surface area contributed by atoms with E-state index in [9.17, 15) is 0 Å². The number of benzene rings is 1. The van der Waals surface area contributed by atoms with Crippen LogP contribution in [0.1, 0.15) is 22.7 Å². The largest absolute Gasteiger partial charge is 0.300 e. The molecule has 1 aromatic heterocycles. The van der Waals surface area contributed by atoms with Crippen LogP contribution in [0.25, 0.3) is 0 Å². The van der Waals surface area contributed by atoms with Crippen LogP contribution in [-0.2, 0) is 6.54 Å². The van der Waals surface area contributed by atoms with Crippen molar-refractivity contribution in [3.8, 4) is 0 Å². The first-order valence-electron chi connectivity index (χ1n) is 5.71. The van der Waals surface area contributed by atoms with Crippen molar-refractivity contribution < 1.29 is 0 Å². The molecule has 2 atom stereocenters. The fourth-order valence-electron chi connectivity index (χ4n) is 2.68. The van der Waals surface area contributed by atoms with Crippen LogP contribution < -0.4 is 5.32 Å². The third-order valence-corrected chi connectivity index (χ3v) is 4.70. The second kappa shape index (κ2) is 3.55. The number of hydrogen-bond acceptors (Lipinski definition) is 4. The predicted octanol–water partition coefficient (Wildman–Crippen LogP) is 2.14. The Bertz CT molecular complexity index is 584. The summed E-state index contributed by atoms with van der Waals surface area (Å²) in [6.45, 7) is 0.950. The molecule has 0 spiro atoms. The SMILES string of the molecule is c1ccc2c(c1)CNC1Sc3cncnc3C21. The van der Waals surface area contributed by atoms with Crippen LogP contribution in [-0.4, -0.2) is 15.3 Å². The molecule has 3 heterocycles. The highest BCUT2D eigenvalue weighted by Crippen LogP contribution is 2.48. The van der Waals surface area contributed by atoms with Gasteiger partial charge in [-0.1, -0.05) is 24.3 Å². The Balaban J connectivity index is 1.92. The van der Waals surface area contributed by atoms with Crippen molar-refractivity contribution in [2.24, 2.45) is 0 Å². The molecule has 0 bridgehead atoms. The zero-order chi connectivity index (χ0) is 11.2. The third kappa shape index (κ3) is 1.34. The minimum atomic E-state index is 0.378. The van der Waals surface area contributed by atoms with Crippen molar-refractivity contribution in [1.29, 1.82) is 0 Å². The average Bonchev–Trinajstić information content (AvgIpc) is 2.77. The lowest BCUT2D eigenvalue weighted by molar-refractivity contribution is 0.553. The van der Waals surface area contributed by atoms with Gasteiger partial charge in [-0.3, -0.25) is 0 Å². The monoisotopic (exact) mass is 241 g/mol. The Morgan fingerprint density at radius 1 is 1.29 bits per heavy atom. The number of nitrogens with one attached hydrogen (secondary N) is 1. The number of nitrogens with zero attached hydrogens (tertiary/aromatic N) is 2. The highest BCUT2D eigenvalue weighted by molar-refractivity contribution is 8.00.